The van der Waals surface area contributed by atoms with Gasteiger partial charge in [-0.05, 0) is 57.5 Å². The molecule has 0 aliphatic carbocycles. The number of nitrogens with one attached hydrogen (secondary N) is 1. The molecule has 6 heteroatoms. The maximum atomic E-state index is 12.9. The summed E-state index contributed by atoms with van der Waals surface area (Å²) in [7, 11) is 3.56. The van der Waals surface area contributed by atoms with E-state index in [-0.39, 0.29) is 17.8 Å². The monoisotopic (exact) mass is 397 g/mol. The van der Waals surface area contributed by atoms with Crippen LogP contribution in [0, 0.1) is 13.8 Å². The van der Waals surface area contributed by atoms with Crippen LogP contribution in [0.2, 0.25) is 0 Å². The molecule has 2 heterocycles. The first kappa shape index (κ1) is 21.3. The van der Waals surface area contributed by atoms with Crippen LogP contribution >= 0.6 is 0 Å². The van der Waals surface area contributed by atoms with Gasteiger partial charge in [-0.15, -0.1) is 0 Å². The molecule has 156 valence electrons. The molecule has 0 bridgehead atoms. The number of ketones is 1. The summed E-state index contributed by atoms with van der Waals surface area (Å²) in [5.74, 6) is 0.0274. The summed E-state index contributed by atoms with van der Waals surface area (Å²) in [6.07, 6.45) is 2.45. The van der Waals surface area contributed by atoms with Crippen molar-refractivity contribution in [3.63, 3.8) is 0 Å². The fourth-order valence-corrected chi connectivity index (χ4v) is 3.96. The van der Waals surface area contributed by atoms with Crippen molar-refractivity contribution in [1.82, 2.24) is 14.8 Å². The number of likely N-dealkylation sites (N-methyl/N-ethyl adjacent to an activating group) is 1. The lowest BCUT2D eigenvalue weighted by Crippen LogP contribution is -2.26. The molecule has 1 atom stereocenters. The van der Waals surface area contributed by atoms with E-state index >= 15 is 0 Å². The van der Waals surface area contributed by atoms with E-state index in [0.717, 1.165) is 48.5 Å². The average molecular weight is 398 g/mol. The fourth-order valence-electron chi connectivity index (χ4n) is 3.96. The molecule has 1 aliphatic rings. The van der Waals surface area contributed by atoms with Crippen molar-refractivity contribution >= 4 is 11.7 Å². The van der Waals surface area contributed by atoms with Gasteiger partial charge in [-0.1, -0.05) is 12.1 Å². The minimum Gasteiger partial charge on any atom is -0.376 e. The first-order valence-electron chi connectivity index (χ1n) is 10.2. The van der Waals surface area contributed by atoms with Crippen molar-refractivity contribution in [2.45, 2.75) is 45.9 Å². The minimum atomic E-state index is -0.0987. The number of Topliss-reactive ketones (excluding diaryl/α,β-unsaturated/α-hetero) is 1. The molecule has 1 saturated heterocycles. The molecular formula is C23H31N3O3. The highest BCUT2D eigenvalue weighted by Gasteiger charge is 2.21. The van der Waals surface area contributed by atoms with Crippen molar-refractivity contribution in [2.75, 3.05) is 27.2 Å². The van der Waals surface area contributed by atoms with Crippen molar-refractivity contribution in [2.24, 2.45) is 0 Å². The molecule has 1 aromatic heterocycles. The number of nitrogens with zero attached hydrogens (tertiary/aromatic N) is 2. The molecule has 1 aliphatic heterocycles. The molecule has 6 nitrogen and oxygen atoms in total. The SMILES string of the molecule is CNC(=O)c1ccc(CN(C)CC(=O)c2cc(C)n(C[C@@H]3CCCO3)c2C)cc1. The quantitative estimate of drug-likeness (QED) is 0.696. The second-order valence-corrected chi connectivity index (χ2v) is 7.90. The van der Waals surface area contributed by atoms with Crippen LogP contribution in [-0.4, -0.2) is 54.5 Å². The highest BCUT2D eigenvalue weighted by atomic mass is 16.5. The number of benzene rings is 1. The van der Waals surface area contributed by atoms with E-state index in [4.69, 9.17) is 4.74 Å². The summed E-state index contributed by atoms with van der Waals surface area (Å²) in [4.78, 5) is 26.6. The number of carbonyl (C=O) groups is 2. The van der Waals surface area contributed by atoms with Gasteiger partial charge in [0.2, 0.25) is 0 Å². The van der Waals surface area contributed by atoms with E-state index in [2.05, 4.69) is 16.8 Å². The van der Waals surface area contributed by atoms with Crippen molar-refractivity contribution < 1.29 is 14.3 Å². The Balaban J connectivity index is 1.61. The van der Waals surface area contributed by atoms with Crippen LogP contribution in [-0.2, 0) is 17.8 Å². The number of hydrogen-bond donors (Lipinski definition) is 1. The number of hydrogen-bond acceptors (Lipinski definition) is 4. The van der Waals surface area contributed by atoms with E-state index in [1.54, 1.807) is 7.05 Å². The molecule has 0 saturated carbocycles. The molecule has 1 aromatic carbocycles. The molecule has 2 aromatic rings. The molecule has 1 fully saturated rings. The van der Waals surface area contributed by atoms with Gasteiger partial charge < -0.3 is 14.6 Å². The number of aryl methyl sites for hydroxylation is 1. The van der Waals surface area contributed by atoms with E-state index in [9.17, 15) is 9.59 Å². The Morgan fingerprint density at radius 1 is 1.24 bits per heavy atom. The molecule has 0 unspecified atom stereocenters. The molecule has 1 N–H and O–H groups in total. The second kappa shape index (κ2) is 9.37. The number of amides is 1. The molecule has 29 heavy (non-hydrogen) atoms. The third-order valence-corrected chi connectivity index (χ3v) is 5.59. The van der Waals surface area contributed by atoms with Crippen LogP contribution < -0.4 is 5.32 Å². The van der Waals surface area contributed by atoms with E-state index < -0.39 is 0 Å². The van der Waals surface area contributed by atoms with Crippen LogP contribution in [0.15, 0.2) is 30.3 Å². The van der Waals surface area contributed by atoms with E-state index in [0.29, 0.717) is 18.7 Å². The lowest BCUT2D eigenvalue weighted by molar-refractivity contribution is 0.0931. The van der Waals surface area contributed by atoms with Crippen molar-refractivity contribution in [3.05, 3.63) is 58.4 Å². The predicted molar refractivity (Wildman–Crippen MR) is 113 cm³/mol. The van der Waals surface area contributed by atoms with Gasteiger partial charge in [0.15, 0.2) is 5.78 Å². The maximum Gasteiger partial charge on any atom is 0.251 e. The third kappa shape index (κ3) is 5.14. The zero-order valence-electron chi connectivity index (χ0n) is 17.8. The van der Waals surface area contributed by atoms with Gasteiger partial charge in [0.05, 0.1) is 12.6 Å². The standard InChI is InChI=1S/C23H31N3O3/c1-16-12-21(17(2)26(16)14-20-6-5-11-29-20)22(27)15-25(4)13-18-7-9-19(10-8-18)23(28)24-3/h7-10,12,20H,5-6,11,13-15H2,1-4H3,(H,24,28)/t20-/m0/s1. The number of aromatic nitrogens is 1. The number of ether oxygens (including phenoxy) is 1. The third-order valence-electron chi connectivity index (χ3n) is 5.59. The fraction of sp³-hybridized carbons (Fsp3) is 0.478. The molecular weight excluding hydrogens is 366 g/mol. The minimum absolute atomic E-state index is 0.0987. The van der Waals surface area contributed by atoms with Gasteiger partial charge in [0.1, 0.15) is 0 Å². The average Bonchev–Trinajstić information content (AvgIpc) is 3.31. The van der Waals surface area contributed by atoms with Gasteiger partial charge >= 0.3 is 0 Å². The predicted octanol–water partition coefficient (Wildman–Crippen LogP) is 2.96. The molecule has 3 rings (SSSR count). The van der Waals surface area contributed by atoms with Gasteiger partial charge in [0.25, 0.3) is 5.91 Å². The highest BCUT2D eigenvalue weighted by molar-refractivity contribution is 5.99. The van der Waals surface area contributed by atoms with Crippen molar-refractivity contribution in [1.29, 1.82) is 0 Å². The topological polar surface area (TPSA) is 63.6 Å². The molecule has 0 radical (unpaired) electrons. The summed E-state index contributed by atoms with van der Waals surface area (Å²) in [6.45, 7) is 6.72. The van der Waals surface area contributed by atoms with Gasteiger partial charge in [-0.2, -0.15) is 0 Å². The van der Waals surface area contributed by atoms with E-state index in [1.807, 2.05) is 49.2 Å². The Morgan fingerprint density at radius 2 is 1.97 bits per heavy atom. The largest absolute Gasteiger partial charge is 0.376 e. The van der Waals surface area contributed by atoms with Crippen LogP contribution in [0.1, 0.15) is 50.5 Å². The number of carbonyl (C=O) groups excluding carboxylic acids is 2. The number of rotatable bonds is 8. The zero-order chi connectivity index (χ0) is 21.0. The summed E-state index contributed by atoms with van der Waals surface area (Å²) in [5.41, 5.74) is 4.62. The first-order chi connectivity index (χ1) is 13.9. The smallest absolute Gasteiger partial charge is 0.251 e. The Bertz CT molecular complexity index is 864. The van der Waals surface area contributed by atoms with Crippen LogP contribution in [0.5, 0.6) is 0 Å². The normalized spacial score (nSPS) is 16.4. The maximum absolute atomic E-state index is 12.9. The lowest BCUT2D eigenvalue weighted by Gasteiger charge is -2.17. The van der Waals surface area contributed by atoms with Crippen molar-refractivity contribution in [3.8, 4) is 0 Å². The Kier molecular flexibility index (Phi) is 6.87. The second-order valence-electron chi connectivity index (χ2n) is 7.90. The van der Waals surface area contributed by atoms with Crippen LogP contribution in [0.4, 0.5) is 0 Å². The summed E-state index contributed by atoms with van der Waals surface area (Å²) in [5, 5.41) is 2.62. The van der Waals surface area contributed by atoms with Gasteiger partial charge in [-0.25, -0.2) is 0 Å². The highest BCUT2D eigenvalue weighted by Crippen LogP contribution is 2.21. The molecule has 0 spiro atoms. The summed E-state index contributed by atoms with van der Waals surface area (Å²) < 4.78 is 7.97. The zero-order valence-corrected chi connectivity index (χ0v) is 17.8. The van der Waals surface area contributed by atoms with Gasteiger partial charge in [-0.3, -0.25) is 14.5 Å². The van der Waals surface area contributed by atoms with Gasteiger partial charge in [0, 0.05) is 49.3 Å². The van der Waals surface area contributed by atoms with Crippen LogP contribution in [0.25, 0.3) is 0 Å². The van der Waals surface area contributed by atoms with E-state index in [1.165, 1.54) is 0 Å². The lowest BCUT2D eigenvalue weighted by atomic mass is 10.1. The Hall–Kier alpha value is -2.44. The first-order valence-corrected chi connectivity index (χ1v) is 10.2. The van der Waals surface area contributed by atoms with Crippen LogP contribution in [0.3, 0.4) is 0 Å². The Morgan fingerprint density at radius 3 is 2.59 bits per heavy atom. The Labute approximate surface area is 172 Å². The summed E-state index contributed by atoms with van der Waals surface area (Å²) >= 11 is 0. The summed E-state index contributed by atoms with van der Waals surface area (Å²) in [6, 6.07) is 9.47. The molecule has 1 amide bonds.